The molecule has 12 heteroatoms. The molecular formula is C23H21F5N6O. The molecule has 2 atom stereocenters. The van der Waals surface area contributed by atoms with E-state index in [0.29, 0.717) is 17.3 Å². The fraction of sp³-hybridized carbons (Fsp3) is 0.348. The largest absolute Gasteiger partial charge is 0.434 e. The van der Waals surface area contributed by atoms with Crippen LogP contribution in [-0.2, 0) is 13.2 Å². The Kier molecular flexibility index (Phi) is 6.39. The number of amides is 1. The van der Waals surface area contributed by atoms with Gasteiger partial charge in [0.25, 0.3) is 11.8 Å². The van der Waals surface area contributed by atoms with E-state index in [4.69, 9.17) is 0 Å². The van der Waals surface area contributed by atoms with Crippen LogP contribution in [0.1, 0.15) is 29.5 Å². The van der Waals surface area contributed by atoms with E-state index in [1.807, 2.05) is 6.07 Å². The maximum Gasteiger partial charge on any atom is 0.434 e. The summed E-state index contributed by atoms with van der Waals surface area (Å²) in [7, 11) is 1.62. The van der Waals surface area contributed by atoms with Gasteiger partial charge in [-0.15, -0.1) is 0 Å². The third-order valence-corrected chi connectivity index (χ3v) is 5.63. The van der Waals surface area contributed by atoms with E-state index >= 15 is 0 Å². The Morgan fingerprint density at radius 2 is 1.89 bits per heavy atom. The topological polar surface area (TPSA) is 76.3 Å². The minimum absolute atomic E-state index is 0.0105. The van der Waals surface area contributed by atoms with Crippen molar-refractivity contribution in [3.63, 3.8) is 0 Å². The molecule has 0 N–H and O–H groups in total. The van der Waals surface area contributed by atoms with Crippen LogP contribution in [0.25, 0.3) is 11.1 Å². The fourth-order valence-electron chi connectivity index (χ4n) is 4.05. The van der Waals surface area contributed by atoms with Crippen molar-refractivity contribution < 1.29 is 26.7 Å². The highest BCUT2D eigenvalue weighted by atomic mass is 19.4. The van der Waals surface area contributed by atoms with Crippen molar-refractivity contribution in [3.05, 3.63) is 60.3 Å². The van der Waals surface area contributed by atoms with Gasteiger partial charge >= 0.3 is 6.18 Å². The lowest BCUT2D eigenvalue weighted by molar-refractivity contribution is -0.141. The number of rotatable bonds is 4. The van der Waals surface area contributed by atoms with Crippen molar-refractivity contribution >= 4 is 17.9 Å². The van der Waals surface area contributed by atoms with Crippen LogP contribution in [-0.4, -0.2) is 55.3 Å². The van der Waals surface area contributed by atoms with Gasteiger partial charge in [-0.3, -0.25) is 9.48 Å². The molecule has 3 heterocycles. The molecule has 0 bridgehead atoms. The molecule has 0 saturated carbocycles. The molecular weight excluding hydrogens is 471 g/mol. The molecule has 35 heavy (non-hydrogen) atoms. The molecule has 1 saturated heterocycles. The molecule has 184 valence electrons. The zero-order chi connectivity index (χ0) is 25.4. The first-order valence-electron chi connectivity index (χ1n) is 10.7. The van der Waals surface area contributed by atoms with Crippen molar-refractivity contribution in [3.8, 4) is 11.1 Å². The average molecular weight is 492 g/mol. The number of carbonyl (C=O) groups is 1. The van der Waals surface area contributed by atoms with Crippen LogP contribution in [0.4, 0.5) is 27.8 Å². The Hall–Kier alpha value is -3.70. The van der Waals surface area contributed by atoms with Crippen LogP contribution in [0.3, 0.4) is 0 Å². The number of piperidine rings is 1. The summed E-state index contributed by atoms with van der Waals surface area (Å²) >= 11 is 0. The summed E-state index contributed by atoms with van der Waals surface area (Å²) in [5, 5.41) is 4.23. The summed E-state index contributed by atoms with van der Waals surface area (Å²) in [6.45, 7) is 0.704. The van der Waals surface area contributed by atoms with E-state index in [9.17, 15) is 26.7 Å². The Balaban J connectivity index is 1.66. The highest BCUT2D eigenvalue weighted by Crippen LogP contribution is 2.36. The number of benzene rings is 1. The number of halogens is 5. The average Bonchev–Trinajstić information content (AvgIpc) is 3.19. The summed E-state index contributed by atoms with van der Waals surface area (Å²) in [5.74, 6) is -4.67. The lowest BCUT2D eigenvalue weighted by Crippen LogP contribution is -2.56. The number of aromatic nitrogens is 4. The monoisotopic (exact) mass is 492 g/mol. The Morgan fingerprint density at radius 3 is 2.51 bits per heavy atom. The van der Waals surface area contributed by atoms with Crippen molar-refractivity contribution in [1.29, 1.82) is 0 Å². The number of aliphatic imine (C=N–C) groups is 1. The minimum atomic E-state index is -4.65. The third kappa shape index (κ3) is 5.36. The molecule has 1 aliphatic heterocycles. The molecule has 1 aliphatic rings. The predicted molar refractivity (Wildman–Crippen MR) is 117 cm³/mol. The highest BCUT2D eigenvalue weighted by Gasteiger charge is 2.46. The first kappa shape index (κ1) is 24.4. The second-order valence-corrected chi connectivity index (χ2v) is 8.43. The summed E-state index contributed by atoms with van der Waals surface area (Å²) in [5.41, 5.74) is 0.0220. The van der Waals surface area contributed by atoms with Gasteiger partial charge in [-0.25, -0.2) is 23.7 Å². The van der Waals surface area contributed by atoms with Crippen LogP contribution in [0, 0.1) is 5.92 Å². The third-order valence-electron chi connectivity index (χ3n) is 5.63. The van der Waals surface area contributed by atoms with E-state index in [2.05, 4.69) is 20.1 Å². The van der Waals surface area contributed by atoms with E-state index in [1.165, 1.54) is 10.9 Å². The Morgan fingerprint density at radius 1 is 1.17 bits per heavy atom. The molecule has 7 nitrogen and oxygen atoms in total. The Bertz CT molecular complexity index is 1220. The Labute approximate surface area is 197 Å². The number of alkyl halides is 5. The smallest absolute Gasteiger partial charge is 0.323 e. The van der Waals surface area contributed by atoms with Gasteiger partial charge in [-0.2, -0.15) is 18.3 Å². The lowest BCUT2D eigenvalue weighted by atomic mass is 9.88. The molecule has 1 aromatic carbocycles. The second-order valence-electron chi connectivity index (χ2n) is 8.43. The van der Waals surface area contributed by atoms with E-state index in [0.717, 1.165) is 11.1 Å². The standard InChI is InChI=1S/C23H21F5N6O/c1-14-8-22(24,25)13-34(17(14)9-30-19-11-29-18(10-31-19)23(26,27)28)21(35)20-16(12-33(2)32-20)15-6-4-3-5-7-15/h3-7,9-12,14,17H,8,13H2,1-2H3/t14-,17?/m1/s1. The molecule has 3 aromatic rings. The second kappa shape index (κ2) is 9.16. The number of carbonyl (C=O) groups excluding carboxylic acids is 1. The van der Waals surface area contributed by atoms with E-state index in [1.54, 1.807) is 44.4 Å². The molecule has 0 aliphatic carbocycles. The summed E-state index contributed by atoms with van der Waals surface area (Å²) in [6, 6.07) is 8.08. The van der Waals surface area contributed by atoms with Crippen LogP contribution in [0.15, 0.2) is 53.9 Å². The van der Waals surface area contributed by atoms with E-state index < -0.39 is 48.6 Å². The number of nitrogens with zero attached hydrogens (tertiary/aromatic N) is 6. The van der Waals surface area contributed by atoms with Crippen LogP contribution in [0.2, 0.25) is 0 Å². The van der Waals surface area contributed by atoms with Crippen molar-refractivity contribution in [1.82, 2.24) is 24.6 Å². The normalized spacial score (nSPS) is 20.4. The molecule has 4 rings (SSSR count). The van der Waals surface area contributed by atoms with Crippen LogP contribution >= 0.6 is 0 Å². The number of hydrogen-bond acceptors (Lipinski definition) is 5. The van der Waals surface area contributed by atoms with Gasteiger partial charge in [0.1, 0.15) is 0 Å². The summed E-state index contributed by atoms with van der Waals surface area (Å²) in [4.78, 5) is 25.5. The maximum atomic E-state index is 14.5. The number of likely N-dealkylation sites (tertiary alicyclic amines) is 1. The molecule has 0 spiro atoms. The SMILES string of the molecule is C[C@@H]1CC(F)(F)CN(C(=O)c2nn(C)cc2-c2ccccc2)C1C=Nc1cnc(C(F)(F)F)cn1. The quantitative estimate of drug-likeness (QED) is 0.388. The van der Waals surface area contributed by atoms with Crippen LogP contribution in [0.5, 0.6) is 0 Å². The van der Waals surface area contributed by atoms with Crippen molar-refractivity contribution in [2.24, 2.45) is 18.0 Å². The fourth-order valence-corrected chi connectivity index (χ4v) is 4.05. The van der Waals surface area contributed by atoms with Crippen molar-refractivity contribution in [2.45, 2.75) is 31.5 Å². The van der Waals surface area contributed by atoms with Gasteiger partial charge < -0.3 is 4.90 Å². The van der Waals surface area contributed by atoms with Gasteiger partial charge in [0.2, 0.25) is 0 Å². The lowest BCUT2D eigenvalue weighted by Gasteiger charge is -2.41. The zero-order valence-corrected chi connectivity index (χ0v) is 18.7. The number of aryl methyl sites for hydroxylation is 1. The van der Waals surface area contributed by atoms with E-state index in [-0.39, 0.29) is 11.5 Å². The van der Waals surface area contributed by atoms with Crippen molar-refractivity contribution in [2.75, 3.05) is 6.54 Å². The zero-order valence-electron chi connectivity index (χ0n) is 18.7. The minimum Gasteiger partial charge on any atom is -0.323 e. The van der Waals surface area contributed by atoms with Gasteiger partial charge in [0.15, 0.2) is 17.2 Å². The molecule has 1 unspecified atom stereocenters. The van der Waals surface area contributed by atoms with Gasteiger partial charge in [0, 0.05) is 31.4 Å². The maximum absolute atomic E-state index is 14.5. The van der Waals surface area contributed by atoms with Gasteiger partial charge in [-0.1, -0.05) is 37.3 Å². The molecule has 0 radical (unpaired) electrons. The number of hydrogen-bond donors (Lipinski definition) is 0. The molecule has 1 fully saturated rings. The predicted octanol–water partition coefficient (Wildman–Crippen LogP) is 4.78. The van der Waals surface area contributed by atoms with Crippen LogP contribution < -0.4 is 0 Å². The highest BCUT2D eigenvalue weighted by molar-refractivity contribution is 6.00. The first-order chi connectivity index (χ1) is 16.4. The van der Waals surface area contributed by atoms with Gasteiger partial charge in [-0.05, 0) is 11.5 Å². The van der Waals surface area contributed by atoms with Gasteiger partial charge in [0.05, 0.1) is 25.0 Å². The summed E-state index contributed by atoms with van der Waals surface area (Å²) < 4.78 is 68.6. The first-order valence-corrected chi connectivity index (χ1v) is 10.7. The molecule has 2 aromatic heterocycles. The molecule has 1 amide bonds. The summed E-state index contributed by atoms with van der Waals surface area (Å²) in [6.07, 6.45) is -0.885.